The van der Waals surface area contributed by atoms with Crippen molar-refractivity contribution in [1.29, 1.82) is 0 Å². The molecule has 7 heteroatoms. The summed E-state index contributed by atoms with van der Waals surface area (Å²) in [6, 6.07) is 17.8. The first-order chi connectivity index (χ1) is 14.1. The summed E-state index contributed by atoms with van der Waals surface area (Å²) in [7, 11) is 1.64. The van der Waals surface area contributed by atoms with E-state index in [0.717, 1.165) is 35.7 Å². The van der Waals surface area contributed by atoms with Crippen molar-refractivity contribution in [1.82, 2.24) is 20.1 Å². The van der Waals surface area contributed by atoms with Crippen LogP contribution in [-0.4, -0.2) is 39.6 Å². The van der Waals surface area contributed by atoms with E-state index in [4.69, 9.17) is 4.74 Å². The lowest BCUT2D eigenvalue weighted by molar-refractivity contribution is -0.119. The monoisotopic (exact) mass is 410 g/mol. The van der Waals surface area contributed by atoms with Crippen LogP contribution in [0.25, 0.3) is 17.1 Å². The van der Waals surface area contributed by atoms with Gasteiger partial charge in [0.05, 0.1) is 12.9 Å². The van der Waals surface area contributed by atoms with Crippen LogP contribution in [-0.2, 0) is 4.79 Å². The number of methoxy groups -OCH3 is 1. The number of amides is 1. The fourth-order valence-electron chi connectivity index (χ4n) is 3.05. The lowest BCUT2D eigenvalue weighted by Crippen LogP contribution is -2.33. The molecule has 0 unspecified atom stereocenters. The summed E-state index contributed by atoms with van der Waals surface area (Å²) < 4.78 is 7.23. The molecule has 3 rings (SSSR count). The van der Waals surface area contributed by atoms with E-state index in [0.29, 0.717) is 10.9 Å². The number of nitrogens with one attached hydrogen (secondary N) is 1. The Labute approximate surface area is 175 Å². The quantitative estimate of drug-likeness (QED) is 0.532. The minimum atomic E-state index is 0.00422. The third-order valence-electron chi connectivity index (χ3n) is 4.46. The molecular formula is C22H26N4O2S. The highest BCUT2D eigenvalue weighted by atomic mass is 32.2. The minimum absolute atomic E-state index is 0.00422. The van der Waals surface area contributed by atoms with Crippen LogP contribution in [0.15, 0.2) is 59.8 Å². The van der Waals surface area contributed by atoms with E-state index in [9.17, 15) is 4.79 Å². The molecule has 1 N–H and O–H groups in total. The molecule has 1 atom stereocenters. The van der Waals surface area contributed by atoms with Gasteiger partial charge in [0.15, 0.2) is 11.0 Å². The molecule has 6 nitrogen and oxygen atoms in total. The number of ether oxygens (including phenoxy) is 1. The molecule has 0 radical (unpaired) electrons. The molecule has 0 spiro atoms. The van der Waals surface area contributed by atoms with Crippen LogP contribution in [0.1, 0.15) is 26.7 Å². The highest BCUT2D eigenvalue weighted by Gasteiger charge is 2.17. The second-order valence-electron chi connectivity index (χ2n) is 6.75. The fraction of sp³-hybridized carbons (Fsp3) is 0.318. The van der Waals surface area contributed by atoms with Gasteiger partial charge < -0.3 is 10.1 Å². The lowest BCUT2D eigenvalue weighted by Gasteiger charge is -2.13. The van der Waals surface area contributed by atoms with Crippen molar-refractivity contribution in [2.24, 2.45) is 0 Å². The first-order valence-corrected chi connectivity index (χ1v) is 10.7. The molecule has 2 aromatic carbocycles. The van der Waals surface area contributed by atoms with Gasteiger partial charge in [0.2, 0.25) is 5.91 Å². The SMILES string of the molecule is CCC[C@@H](C)NC(=O)CSc1nnc(-c2ccc(OC)cc2)n1-c1ccccc1. The Morgan fingerprint density at radius 3 is 2.52 bits per heavy atom. The molecule has 29 heavy (non-hydrogen) atoms. The number of rotatable bonds is 9. The maximum absolute atomic E-state index is 12.3. The van der Waals surface area contributed by atoms with Gasteiger partial charge in [-0.05, 0) is 49.7 Å². The van der Waals surface area contributed by atoms with Gasteiger partial charge in [-0.3, -0.25) is 9.36 Å². The van der Waals surface area contributed by atoms with E-state index in [-0.39, 0.29) is 11.9 Å². The summed E-state index contributed by atoms with van der Waals surface area (Å²) in [6.45, 7) is 4.14. The van der Waals surface area contributed by atoms with E-state index >= 15 is 0 Å². The van der Waals surface area contributed by atoms with Crippen LogP contribution in [0, 0.1) is 0 Å². The van der Waals surface area contributed by atoms with Crippen LogP contribution in [0.5, 0.6) is 5.75 Å². The van der Waals surface area contributed by atoms with Crippen molar-refractivity contribution >= 4 is 17.7 Å². The molecule has 0 aliphatic heterocycles. The molecule has 3 aromatic rings. The second-order valence-corrected chi connectivity index (χ2v) is 7.69. The van der Waals surface area contributed by atoms with Crippen LogP contribution in [0.3, 0.4) is 0 Å². The smallest absolute Gasteiger partial charge is 0.230 e. The standard InChI is InChI=1S/C22H26N4O2S/c1-4-8-16(2)23-20(27)15-29-22-25-24-21(17-11-13-19(28-3)14-12-17)26(22)18-9-6-5-7-10-18/h5-7,9-14,16H,4,8,15H2,1-3H3,(H,23,27)/t16-/m1/s1. The Morgan fingerprint density at radius 2 is 1.86 bits per heavy atom. The number of hydrogen-bond donors (Lipinski definition) is 1. The fourth-order valence-corrected chi connectivity index (χ4v) is 3.82. The third kappa shape index (κ3) is 5.38. The van der Waals surface area contributed by atoms with Crippen molar-refractivity contribution in [2.75, 3.05) is 12.9 Å². The Morgan fingerprint density at radius 1 is 1.14 bits per heavy atom. The molecule has 0 aliphatic rings. The Balaban J connectivity index is 1.85. The van der Waals surface area contributed by atoms with Gasteiger partial charge in [-0.1, -0.05) is 43.3 Å². The van der Waals surface area contributed by atoms with Gasteiger partial charge in [-0.15, -0.1) is 10.2 Å². The zero-order chi connectivity index (χ0) is 20.6. The van der Waals surface area contributed by atoms with E-state index in [1.165, 1.54) is 11.8 Å². The maximum Gasteiger partial charge on any atom is 0.230 e. The first-order valence-electron chi connectivity index (χ1n) is 9.69. The summed E-state index contributed by atoms with van der Waals surface area (Å²) in [5, 5.41) is 12.5. The highest BCUT2D eigenvalue weighted by Crippen LogP contribution is 2.28. The average molecular weight is 411 g/mol. The molecule has 0 fully saturated rings. The summed E-state index contributed by atoms with van der Waals surface area (Å²) in [4.78, 5) is 12.3. The molecular weight excluding hydrogens is 384 g/mol. The first kappa shape index (κ1) is 20.9. The number of nitrogens with zero attached hydrogens (tertiary/aromatic N) is 3. The Kier molecular flexibility index (Phi) is 7.30. The normalized spacial score (nSPS) is 11.8. The zero-order valence-corrected chi connectivity index (χ0v) is 17.8. The summed E-state index contributed by atoms with van der Waals surface area (Å²) in [6.07, 6.45) is 2.01. The van der Waals surface area contributed by atoms with Gasteiger partial charge in [-0.2, -0.15) is 0 Å². The molecule has 1 amide bonds. The highest BCUT2D eigenvalue weighted by molar-refractivity contribution is 7.99. The van der Waals surface area contributed by atoms with Crippen molar-refractivity contribution < 1.29 is 9.53 Å². The number of thioether (sulfide) groups is 1. The summed E-state index contributed by atoms with van der Waals surface area (Å²) >= 11 is 1.39. The maximum atomic E-state index is 12.3. The lowest BCUT2D eigenvalue weighted by atomic mass is 10.2. The molecule has 1 heterocycles. The number of para-hydroxylation sites is 1. The van der Waals surface area contributed by atoms with Crippen LogP contribution >= 0.6 is 11.8 Å². The number of benzene rings is 2. The Bertz CT molecular complexity index is 926. The van der Waals surface area contributed by atoms with Crippen molar-refractivity contribution in [3.8, 4) is 22.8 Å². The van der Waals surface area contributed by atoms with Gasteiger partial charge in [0, 0.05) is 17.3 Å². The van der Waals surface area contributed by atoms with E-state index in [1.54, 1.807) is 7.11 Å². The number of aromatic nitrogens is 3. The number of carbonyl (C=O) groups excluding carboxylic acids is 1. The molecule has 0 saturated carbocycles. The number of carbonyl (C=O) groups is 1. The van der Waals surface area contributed by atoms with Gasteiger partial charge >= 0.3 is 0 Å². The minimum Gasteiger partial charge on any atom is -0.497 e. The number of hydrogen-bond acceptors (Lipinski definition) is 5. The van der Waals surface area contributed by atoms with Crippen LogP contribution in [0.2, 0.25) is 0 Å². The van der Waals surface area contributed by atoms with Crippen LogP contribution in [0.4, 0.5) is 0 Å². The Hall–Kier alpha value is -2.80. The summed E-state index contributed by atoms with van der Waals surface area (Å²) in [5.41, 5.74) is 1.88. The zero-order valence-electron chi connectivity index (χ0n) is 17.0. The van der Waals surface area contributed by atoms with Crippen molar-refractivity contribution in [3.63, 3.8) is 0 Å². The second kappa shape index (κ2) is 10.1. The predicted molar refractivity (Wildman–Crippen MR) is 117 cm³/mol. The van der Waals surface area contributed by atoms with Crippen molar-refractivity contribution in [2.45, 2.75) is 37.9 Å². The summed E-state index contributed by atoms with van der Waals surface area (Å²) in [5.74, 6) is 1.81. The van der Waals surface area contributed by atoms with Gasteiger partial charge in [0.1, 0.15) is 5.75 Å². The third-order valence-corrected chi connectivity index (χ3v) is 5.39. The topological polar surface area (TPSA) is 69.0 Å². The molecule has 0 saturated heterocycles. The predicted octanol–water partition coefficient (Wildman–Crippen LogP) is 4.34. The van der Waals surface area contributed by atoms with Crippen molar-refractivity contribution in [3.05, 3.63) is 54.6 Å². The molecule has 1 aromatic heterocycles. The largest absolute Gasteiger partial charge is 0.497 e. The van der Waals surface area contributed by atoms with Crippen LogP contribution < -0.4 is 10.1 Å². The van der Waals surface area contributed by atoms with E-state index < -0.39 is 0 Å². The van der Waals surface area contributed by atoms with Gasteiger partial charge in [0.25, 0.3) is 0 Å². The average Bonchev–Trinajstić information content (AvgIpc) is 3.17. The molecule has 0 aliphatic carbocycles. The van der Waals surface area contributed by atoms with E-state index in [1.807, 2.05) is 66.1 Å². The molecule has 0 bridgehead atoms. The molecule has 152 valence electrons. The van der Waals surface area contributed by atoms with E-state index in [2.05, 4.69) is 22.4 Å². The van der Waals surface area contributed by atoms with Gasteiger partial charge in [-0.25, -0.2) is 0 Å².